The Hall–Kier alpha value is -3.24. The lowest BCUT2D eigenvalue weighted by Gasteiger charge is -2.23. The molecule has 206 valence electrons. The topological polar surface area (TPSA) is 156 Å². The first-order chi connectivity index (χ1) is 18.0. The van der Waals surface area contributed by atoms with Crippen LogP contribution >= 0.6 is 11.6 Å². The first kappa shape index (κ1) is 27.8. The zero-order chi connectivity index (χ0) is 27.7. The number of ether oxygens (including phenoxy) is 3. The van der Waals surface area contributed by atoms with Crippen LogP contribution in [0, 0.1) is 0 Å². The third kappa shape index (κ3) is 5.19. The van der Waals surface area contributed by atoms with E-state index in [0.717, 1.165) is 10.9 Å². The van der Waals surface area contributed by atoms with Crippen molar-refractivity contribution in [3.8, 4) is 17.4 Å². The third-order valence-electron chi connectivity index (χ3n) is 6.18. The number of nitrogens with zero attached hydrogens (tertiary/aromatic N) is 7. The molecule has 38 heavy (non-hydrogen) atoms. The summed E-state index contributed by atoms with van der Waals surface area (Å²) >= 11 is 5.84. The molecule has 4 rings (SSSR count). The van der Waals surface area contributed by atoms with Crippen LogP contribution in [0.3, 0.4) is 0 Å². The van der Waals surface area contributed by atoms with Gasteiger partial charge < -0.3 is 14.2 Å². The van der Waals surface area contributed by atoms with Crippen LogP contribution in [0.25, 0.3) is 5.69 Å². The first-order valence-corrected chi connectivity index (χ1v) is 13.2. The molecule has 13 nitrogen and oxygen atoms in total. The minimum atomic E-state index is -4.31. The van der Waals surface area contributed by atoms with E-state index in [9.17, 15) is 17.2 Å². The smallest absolute Gasteiger partial charge is 0.257 e. The first-order valence-electron chi connectivity index (χ1n) is 11.3. The Morgan fingerprint density at radius 1 is 1.11 bits per heavy atom. The standard InChI is InChI=1S/C21H25ClF2N8O5S/c1-11(15(35-2)16-25-8-12(22)9-26-16)38(33,34)31-20-30-29-17(13-6-5-7-21(13,23)24)32(20)14-18(36-3)27-10-28-19(14)37-4/h8-11,13,15H,5-7H2,1-4H3,(H,30,31)/t11-,13-,15-/m0/s1. The van der Waals surface area contributed by atoms with E-state index in [-0.39, 0.29) is 53.4 Å². The van der Waals surface area contributed by atoms with Crippen LogP contribution in [-0.2, 0) is 14.8 Å². The van der Waals surface area contributed by atoms with Gasteiger partial charge in [-0.2, -0.15) is 9.97 Å². The lowest BCUT2D eigenvalue weighted by atomic mass is 10.0. The second kappa shape index (κ2) is 10.9. The van der Waals surface area contributed by atoms with E-state index >= 15 is 0 Å². The molecule has 1 aliphatic carbocycles. The van der Waals surface area contributed by atoms with Gasteiger partial charge >= 0.3 is 0 Å². The summed E-state index contributed by atoms with van der Waals surface area (Å²) in [6.45, 7) is 1.37. The Labute approximate surface area is 222 Å². The normalized spacial score (nSPS) is 18.7. The predicted molar refractivity (Wildman–Crippen MR) is 130 cm³/mol. The molecule has 3 aromatic rings. The Kier molecular flexibility index (Phi) is 7.94. The lowest BCUT2D eigenvalue weighted by molar-refractivity contribution is -0.0117. The van der Waals surface area contributed by atoms with Crippen molar-refractivity contribution in [2.75, 3.05) is 26.1 Å². The highest BCUT2D eigenvalue weighted by atomic mass is 35.5. The third-order valence-corrected chi connectivity index (χ3v) is 8.06. The fourth-order valence-corrected chi connectivity index (χ4v) is 5.48. The molecular weight excluding hydrogens is 550 g/mol. The fraction of sp³-hybridized carbons (Fsp3) is 0.524. The summed E-state index contributed by atoms with van der Waals surface area (Å²) in [7, 11) is -0.400. The molecule has 0 bridgehead atoms. The van der Waals surface area contributed by atoms with Crippen LogP contribution in [0.4, 0.5) is 14.7 Å². The van der Waals surface area contributed by atoms with Crippen molar-refractivity contribution in [1.29, 1.82) is 0 Å². The number of anilines is 1. The zero-order valence-electron chi connectivity index (χ0n) is 20.8. The number of alkyl halides is 2. The largest absolute Gasteiger partial charge is 0.479 e. The van der Waals surface area contributed by atoms with Crippen molar-refractivity contribution in [1.82, 2.24) is 34.7 Å². The number of halogens is 3. The Morgan fingerprint density at radius 3 is 2.26 bits per heavy atom. The highest BCUT2D eigenvalue weighted by Gasteiger charge is 2.48. The average Bonchev–Trinajstić information content (AvgIpc) is 3.45. The van der Waals surface area contributed by atoms with Gasteiger partial charge in [-0.3, -0.25) is 9.29 Å². The van der Waals surface area contributed by atoms with E-state index in [4.69, 9.17) is 25.8 Å². The molecule has 0 aliphatic heterocycles. The molecule has 1 fully saturated rings. The number of hydrogen-bond donors (Lipinski definition) is 1. The number of aromatic nitrogens is 7. The number of methoxy groups -OCH3 is 3. The van der Waals surface area contributed by atoms with Crippen molar-refractivity contribution in [2.45, 2.75) is 49.4 Å². The van der Waals surface area contributed by atoms with Gasteiger partial charge in [-0.25, -0.2) is 27.2 Å². The van der Waals surface area contributed by atoms with Crippen molar-refractivity contribution in [2.24, 2.45) is 0 Å². The molecule has 3 heterocycles. The second-order valence-corrected chi connectivity index (χ2v) is 10.9. The fourth-order valence-electron chi connectivity index (χ4n) is 4.25. The van der Waals surface area contributed by atoms with Crippen LogP contribution in [0.1, 0.15) is 49.9 Å². The Balaban J connectivity index is 1.82. The summed E-state index contributed by atoms with van der Waals surface area (Å²) in [5.41, 5.74) is -0.0464. The molecule has 1 aliphatic rings. The summed E-state index contributed by atoms with van der Waals surface area (Å²) in [6, 6.07) is 0. The molecule has 0 aromatic carbocycles. The van der Waals surface area contributed by atoms with Gasteiger partial charge in [0.25, 0.3) is 5.92 Å². The summed E-state index contributed by atoms with van der Waals surface area (Å²) in [6.07, 6.45) is 2.66. The molecule has 0 amide bonds. The summed E-state index contributed by atoms with van der Waals surface area (Å²) in [4.78, 5) is 16.1. The summed E-state index contributed by atoms with van der Waals surface area (Å²) in [5.74, 6) is -5.12. The van der Waals surface area contributed by atoms with Crippen LogP contribution in [0.2, 0.25) is 5.02 Å². The Morgan fingerprint density at radius 2 is 1.74 bits per heavy atom. The maximum Gasteiger partial charge on any atom is 0.257 e. The molecule has 3 aromatic heterocycles. The van der Waals surface area contributed by atoms with E-state index in [1.165, 1.54) is 40.6 Å². The minimum Gasteiger partial charge on any atom is -0.479 e. The molecule has 1 saturated carbocycles. The van der Waals surface area contributed by atoms with Crippen molar-refractivity contribution in [3.63, 3.8) is 0 Å². The van der Waals surface area contributed by atoms with Gasteiger partial charge in [0.2, 0.25) is 27.7 Å². The van der Waals surface area contributed by atoms with Crippen LogP contribution in [0.15, 0.2) is 18.7 Å². The van der Waals surface area contributed by atoms with Crippen molar-refractivity contribution >= 4 is 27.6 Å². The lowest BCUT2D eigenvalue weighted by Crippen LogP contribution is -2.33. The van der Waals surface area contributed by atoms with Crippen LogP contribution in [-0.4, -0.2) is 75.6 Å². The highest BCUT2D eigenvalue weighted by Crippen LogP contribution is 2.48. The van der Waals surface area contributed by atoms with E-state index in [0.29, 0.717) is 0 Å². The molecule has 3 atom stereocenters. The maximum atomic E-state index is 14.8. The van der Waals surface area contributed by atoms with Crippen LogP contribution < -0.4 is 14.2 Å². The molecule has 1 N–H and O–H groups in total. The molecule has 17 heteroatoms. The summed E-state index contributed by atoms with van der Waals surface area (Å²) < 4.78 is 76.1. The predicted octanol–water partition coefficient (Wildman–Crippen LogP) is 2.94. The van der Waals surface area contributed by atoms with Gasteiger partial charge in [-0.15, -0.1) is 10.2 Å². The van der Waals surface area contributed by atoms with Gasteiger partial charge in [0, 0.05) is 25.9 Å². The molecular formula is C21H25ClF2N8O5S. The van der Waals surface area contributed by atoms with Crippen molar-refractivity contribution < 1.29 is 31.4 Å². The van der Waals surface area contributed by atoms with Gasteiger partial charge in [0.05, 0.1) is 25.2 Å². The molecule has 0 spiro atoms. The van der Waals surface area contributed by atoms with Gasteiger partial charge in [0.1, 0.15) is 23.5 Å². The zero-order valence-corrected chi connectivity index (χ0v) is 22.4. The number of nitrogens with one attached hydrogen (secondary N) is 1. The van der Waals surface area contributed by atoms with E-state index in [2.05, 4.69) is 34.9 Å². The van der Waals surface area contributed by atoms with E-state index in [1.807, 2.05) is 0 Å². The number of sulfonamides is 1. The highest BCUT2D eigenvalue weighted by molar-refractivity contribution is 7.93. The second-order valence-electron chi connectivity index (χ2n) is 8.43. The van der Waals surface area contributed by atoms with Crippen molar-refractivity contribution in [3.05, 3.63) is 35.4 Å². The van der Waals surface area contributed by atoms with E-state index < -0.39 is 39.2 Å². The summed E-state index contributed by atoms with van der Waals surface area (Å²) in [5, 5.41) is 6.88. The van der Waals surface area contributed by atoms with E-state index in [1.54, 1.807) is 0 Å². The molecule has 0 radical (unpaired) electrons. The average molecular weight is 575 g/mol. The Bertz CT molecular complexity index is 1370. The number of rotatable bonds is 10. The van der Waals surface area contributed by atoms with Gasteiger partial charge in [-0.1, -0.05) is 11.6 Å². The number of hydrogen-bond acceptors (Lipinski definition) is 11. The quantitative estimate of drug-likeness (QED) is 0.379. The maximum absolute atomic E-state index is 14.8. The molecule has 0 unspecified atom stereocenters. The van der Waals surface area contributed by atoms with Gasteiger partial charge in [-0.05, 0) is 19.8 Å². The van der Waals surface area contributed by atoms with Crippen LogP contribution in [0.5, 0.6) is 11.8 Å². The monoisotopic (exact) mass is 574 g/mol. The molecule has 0 saturated heterocycles. The van der Waals surface area contributed by atoms with Gasteiger partial charge in [0.15, 0.2) is 11.5 Å². The minimum absolute atomic E-state index is 0.0464. The SMILES string of the molecule is COc1ncnc(OC)c1-n1c(NS(=O)(=O)[C@@H](C)[C@H](OC)c2ncc(Cl)cn2)nnc1[C@@H]1CCCC1(F)F.